The van der Waals surface area contributed by atoms with Crippen LogP contribution in [0.15, 0.2) is 36.5 Å². The van der Waals surface area contributed by atoms with E-state index in [0.717, 1.165) is 5.56 Å². The maximum Gasteiger partial charge on any atom is 0.260 e. The number of hydrogen-bond donors (Lipinski definition) is 0. The molecule has 1 aromatic carbocycles. The maximum absolute atomic E-state index is 12.4. The molecule has 0 bridgehead atoms. The molecule has 1 aliphatic rings. The van der Waals surface area contributed by atoms with Crippen molar-refractivity contribution in [2.75, 3.05) is 37.7 Å². The van der Waals surface area contributed by atoms with Crippen molar-refractivity contribution in [3.8, 4) is 11.8 Å². The summed E-state index contributed by atoms with van der Waals surface area (Å²) in [6, 6.07) is 11.0. The molecule has 1 fully saturated rings. The van der Waals surface area contributed by atoms with Crippen LogP contribution >= 0.6 is 11.6 Å². The van der Waals surface area contributed by atoms with Crippen LogP contribution in [-0.2, 0) is 4.79 Å². The number of benzene rings is 1. The molecule has 0 aliphatic carbocycles. The van der Waals surface area contributed by atoms with E-state index in [2.05, 4.69) is 11.1 Å². The maximum atomic E-state index is 12.4. The Balaban J connectivity index is 1.53. The van der Waals surface area contributed by atoms with Gasteiger partial charge in [-0.2, -0.15) is 5.26 Å². The summed E-state index contributed by atoms with van der Waals surface area (Å²) in [7, 11) is 0. The zero-order chi connectivity index (χ0) is 18.5. The Hall–Kier alpha value is -2.78. The van der Waals surface area contributed by atoms with E-state index in [4.69, 9.17) is 16.3 Å². The summed E-state index contributed by atoms with van der Waals surface area (Å²) in [6.07, 6.45) is 1.68. The van der Waals surface area contributed by atoms with Crippen LogP contribution < -0.4 is 9.64 Å². The summed E-state index contributed by atoms with van der Waals surface area (Å²) in [5.74, 6) is 1.25. The second kappa shape index (κ2) is 8.07. The van der Waals surface area contributed by atoms with Crippen molar-refractivity contribution >= 4 is 23.3 Å². The van der Waals surface area contributed by atoms with Gasteiger partial charge in [0.25, 0.3) is 5.91 Å². The second-order valence-corrected chi connectivity index (χ2v) is 6.46. The lowest BCUT2D eigenvalue weighted by Gasteiger charge is -2.35. The number of pyridine rings is 1. The standard InChI is InChI=1S/C19H19ClN4O2/c1-14-11-16(4-5-17(14)20)26-13-18(25)23-7-9-24(10-8-23)19-15(12-21)3-2-6-22-19/h2-6,11H,7-10,13H2,1H3. The van der Waals surface area contributed by atoms with Crippen molar-refractivity contribution in [3.63, 3.8) is 0 Å². The number of aromatic nitrogens is 1. The Labute approximate surface area is 157 Å². The number of ether oxygens (including phenoxy) is 1. The molecule has 2 heterocycles. The molecule has 0 unspecified atom stereocenters. The molecule has 134 valence electrons. The fraction of sp³-hybridized carbons (Fsp3) is 0.316. The summed E-state index contributed by atoms with van der Waals surface area (Å²) < 4.78 is 5.59. The van der Waals surface area contributed by atoms with E-state index < -0.39 is 0 Å². The summed E-state index contributed by atoms with van der Waals surface area (Å²) in [5.41, 5.74) is 1.46. The number of hydrogen-bond acceptors (Lipinski definition) is 5. The lowest BCUT2D eigenvalue weighted by atomic mass is 10.2. The van der Waals surface area contributed by atoms with Gasteiger partial charge >= 0.3 is 0 Å². The van der Waals surface area contributed by atoms with Crippen LogP contribution in [0.3, 0.4) is 0 Å². The lowest BCUT2D eigenvalue weighted by molar-refractivity contribution is -0.133. The third kappa shape index (κ3) is 4.06. The molecule has 7 heteroatoms. The molecule has 0 radical (unpaired) electrons. The number of carbonyl (C=O) groups is 1. The van der Waals surface area contributed by atoms with Gasteiger partial charge in [-0.1, -0.05) is 11.6 Å². The number of nitriles is 1. The first-order valence-electron chi connectivity index (χ1n) is 8.35. The number of rotatable bonds is 4. The normalized spacial score (nSPS) is 14.0. The van der Waals surface area contributed by atoms with Crippen LogP contribution in [0.4, 0.5) is 5.82 Å². The van der Waals surface area contributed by atoms with Gasteiger partial charge in [-0.15, -0.1) is 0 Å². The highest BCUT2D eigenvalue weighted by atomic mass is 35.5. The molecule has 1 saturated heterocycles. The van der Waals surface area contributed by atoms with Crippen LogP contribution in [0.1, 0.15) is 11.1 Å². The van der Waals surface area contributed by atoms with E-state index in [0.29, 0.717) is 48.3 Å². The zero-order valence-corrected chi connectivity index (χ0v) is 15.2. The Kier molecular flexibility index (Phi) is 5.59. The number of carbonyl (C=O) groups excluding carboxylic acids is 1. The molecule has 0 saturated carbocycles. The molecule has 0 atom stereocenters. The van der Waals surface area contributed by atoms with Gasteiger partial charge in [-0.25, -0.2) is 4.98 Å². The van der Waals surface area contributed by atoms with Gasteiger partial charge < -0.3 is 14.5 Å². The fourth-order valence-electron chi connectivity index (χ4n) is 2.85. The molecule has 3 rings (SSSR count). The van der Waals surface area contributed by atoms with Crippen molar-refractivity contribution in [1.29, 1.82) is 5.26 Å². The van der Waals surface area contributed by atoms with Crippen molar-refractivity contribution in [1.82, 2.24) is 9.88 Å². The third-order valence-corrected chi connectivity index (χ3v) is 4.75. The number of anilines is 1. The molecular weight excluding hydrogens is 352 g/mol. The lowest BCUT2D eigenvalue weighted by Crippen LogP contribution is -2.50. The van der Waals surface area contributed by atoms with Crippen molar-refractivity contribution in [2.24, 2.45) is 0 Å². The van der Waals surface area contributed by atoms with E-state index in [-0.39, 0.29) is 12.5 Å². The number of amides is 1. The largest absolute Gasteiger partial charge is 0.484 e. The van der Waals surface area contributed by atoms with Crippen LogP contribution in [0.25, 0.3) is 0 Å². The first-order chi connectivity index (χ1) is 12.6. The van der Waals surface area contributed by atoms with Crippen LogP contribution in [0.5, 0.6) is 5.75 Å². The summed E-state index contributed by atoms with van der Waals surface area (Å²) in [6.45, 7) is 4.30. The molecule has 6 nitrogen and oxygen atoms in total. The van der Waals surface area contributed by atoms with Crippen molar-refractivity contribution < 1.29 is 9.53 Å². The van der Waals surface area contributed by atoms with Gasteiger partial charge in [0.15, 0.2) is 6.61 Å². The first-order valence-corrected chi connectivity index (χ1v) is 8.73. The van der Waals surface area contributed by atoms with Crippen LogP contribution in [-0.4, -0.2) is 48.6 Å². The minimum Gasteiger partial charge on any atom is -0.484 e. The number of piperazine rings is 1. The van der Waals surface area contributed by atoms with Crippen molar-refractivity contribution in [3.05, 3.63) is 52.7 Å². The van der Waals surface area contributed by atoms with E-state index >= 15 is 0 Å². The smallest absolute Gasteiger partial charge is 0.260 e. The van der Waals surface area contributed by atoms with Gasteiger partial charge in [0, 0.05) is 37.4 Å². The molecule has 1 aliphatic heterocycles. The van der Waals surface area contributed by atoms with Crippen LogP contribution in [0.2, 0.25) is 5.02 Å². The molecule has 0 N–H and O–H groups in total. The summed E-state index contributed by atoms with van der Waals surface area (Å²) in [5, 5.41) is 9.87. The molecule has 26 heavy (non-hydrogen) atoms. The number of nitrogens with zero attached hydrogens (tertiary/aromatic N) is 4. The minimum atomic E-state index is -0.0567. The molecule has 0 spiro atoms. The highest BCUT2D eigenvalue weighted by Crippen LogP contribution is 2.21. The van der Waals surface area contributed by atoms with Crippen molar-refractivity contribution in [2.45, 2.75) is 6.92 Å². The first kappa shape index (κ1) is 18.0. The van der Waals surface area contributed by atoms with E-state index in [1.54, 1.807) is 35.4 Å². The van der Waals surface area contributed by atoms with Gasteiger partial charge in [0.1, 0.15) is 17.6 Å². The second-order valence-electron chi connectivity index (χ2n) is 6.05. The number of halogens is 1. The molecule has 1 amide bonds. The van der Waals surface area contributed by atoms with Gasteiger partial charge in [0.2, 0.25) is 0 Å². The topological polar surface area (TPSA) is 69.5 Å². The van der Waals surface area contributed by atoms with Gasteiger partial charge in [-0.05, 0) is 42.8 Å². The Morgan fingerprint density at radius 2 is 2.08 bits per heavy atom. The molecule has 2 aromatic rings. The van der Waals surface area contributed by atoms with E-state index in [1.165, 1.54) is 0 Å². The summed E-state index contributed by atoms with van der Waals surface area (Å²) in [4.78, 5) is 20.5. The molecular formula is C19H19ClN4O2. The third-order valence-electron chi connectivity index (χ3n) is 4.33. The Morgan fingerprint density at radius 1 is 1.31 bits per heavy atom. The predicted octanol–water partition coefficient (Wildman–Crippen LogP) is 2.64. The van der Waals surface area contributed by atoms with Gasteiger partial charge in [-0.3, -0.25) is 4.79 Å². The zero-order valence-electron chi connectivity index (χ0n) is 14.5. The average molecular weight is 371 g/mol. The summed E-state index contributed by atoms with van der Waals surface area (Å²) >= 11 is 5.99. The van der Waals surface area contributed by atoms with E-state index in [9.17, 15) is 10.1 Å². The minimum absolute atomic E-state index is 0.00585. The highest BCUT2D eigenvalue weighted by molar-refractivity contribution is 6.31. The van der Waals surface area contributed by atoms with Gasteiger partial charge in [0.05, 0.1) is 5.56 Å². The number of aryl methyl sites for hydroxylation is 1. The van der Waals surface area contributed by atoms with E-state index in [1.807, 2.05) is 17.9 Å². The predicted molar refractivity (Wildman–Crippen MR) is 99.4 cm³/mol. The molecule has 1 aromatic heterocycles. The fourth-order valence-corrected chi connectivity index (χ4v) is 2.96. The highest BCUT2D eigenvalue weighted by Gasteiger charge is 2.23. The Morgan fingerprint density at radius 3 is 2.77 bits per heavy atom. The monoisotopic (exact) mass is 370 g/mol. The van der Waals surface area contributed by atoms with Crippen LogP contribution in [0, 0.1) is 18.3 Å². The quantitative estimate of drug-likeness (QED) is 0.827. The Bertz CT molecular complexity index is 842. The SMILES string of the molecule is Cc1cc(OCC(=O)N2CCN(c3ncccc3C#N)CC2)ccc1Cl. The average Bonchev–Trinajstić information content (AvgIpc) is 2.68.